The van der Waals surface area contributed by atoms with Crippen molar-refractivity contribution in [2.75, 3.05) is 13.2 Å². The van der Waals surface area contributed by atoms with Crippen LogP contribution >= 0.6 is 0 Å². The predicted octanol–water partition coefficient (Wildman–Crippen LogP) is 1.12. The summed E-state index contributed by atoms with van der Waals surface area (Å²) in [5, 5.41) is 109. The predicted molar refractivity (Wildman–Crippen MR) is 202 cm³/mol. The lowest BCUT2D eigenvalue weighted by atomic mass is 9.34. The number of aliphatic hydroxyl groups excluding tert-OH is 10. The van der Waals surface area contributed by atoms with Crippen LogP contribution in [0.4, 0.5) is 0 Å². The first kappa shape index (κ1) is 44.7. The van der Waals surface area contributed by atoms with E-state index in [1.165, 1.54) is 0 Å². The smallest absolute Gasteiger partial charge is 0.187 e. The minimum atomic E-state index is -1.61. The average Bonchev–Trinajstić information content (AvgIpc) is 3.52. The van der Waals surface area contributed by atoms with Crippen LogP contribution in [0.15, 0.2) is 11.6 Å². The van der Waals surface area contributed by atoms with Gasteiger partial charge in [0.1, 0.15) is 48.8 Å². The van der Waals surface area contributed by atoms with Crippen LogP contribution < -0.4 is 0 Å². The Morgan fingerprint density at radius 1 is 0.750 bits per heavy atom. The zero-order chi connectivity index (χ0) is 41.5. The molecule has 6 fully saturated rings. The zero-order valence-corrected chi connectivity index (χ0v) is 34.6. The third-order valence-electron chi connectivity index (χ3n) is 16.6. The summed E-state index contributed by atoms with van der Waals surface area (Å²) in [7, 11) is 0. The fourth-order valence-corrected chi connectivity index (χ4v) is 13.5. The van der Waals surface area contributed by atoms with E-state index in [1.54, 1.807) is 0 Å². The van der Waals surface area contributed by atoms with Crippen molar-refractivity contribution in [3.8, 4) is 0 Å². The first-order chi connectivity index (χ1) is 26.0. The summed E-state index contributed by atoms with van der Waals surface area (Å²) in [5.41, 5.74) is -1.92. The molecule has 56 heavy (non-hydrogen) atoms. The molecule has 0 amide bonds. The molecule has 2 aliphatic heterocycles. The van der Waals surface area contributed by atoms with E-state index in [4.69, 9.17) is 18.9 Å². The lowest BCUT2D eigenvalue weighted by Crippen LogP contribution is -2.71. The number of ether oxygens (including phenoxy) is 4. The van der Waals surface area contributed by atoms with Crippen molar-refractivity contribution in [3.63, 3.8) is 0 Å². The van der Waals surface area contributed by atoms with E-state index in [-0.39, 0.29) is 23.7 Å². The first-order valence-corrected chi connectivity index (χ1v) is 21.0. The molecule has 6 aliphatic rings. The number of hydrogen-bond donors (Lipinski definition) is 10. The lowest BCUT2D eigenvalue weighted by molar-refractivity contribution is -0.349. The molecule has 14 nitrogen and oxygen atoms in total. The van der Waals surface area contributed by atoms with E-state index in [0.29, 0.717) is 44.9 Å². The van der Waals surface area contributed by atoms with Crippen molar-refractivity contribution in [1.29, 1.82) is 0 Å². The summed E-state index contributed by atoms with van der Waals surface area (Å²) < 4.78 is 25.4. The maximum Gasteiger partial charge on any atom is 0.187 e. The molecule has 21 atom stereocenters. The monoisotopic (exact) mass is 800 g/mol. The number of fused-ring (bicyclic) bond motifs is 5. The molecule has 0 spiro atoms. The van der Waals surface area contributed by atoms with Crippen molar-refractivity contribution < 1.29 is 70.0 Å². The van der Waals surface area contributed by atoms with E-state index in [2.05, 4.69) is 26.8 Å². The van der Waals surface area contributed by atoms with Crippen molar-refractivity contribution >= 4 is 0 Å². The zero-order valence-electron chi connectivity index (χ0n) is 34.6. The van der Waals surface area contributed by atoms with Crippen LogP contribution in [0.5, 0.6) is 0 Å². The van der Waals surface area contributed by atoms with E-state index in [0.717, 1.165) is 12.0 Å². The highest BCUT2D eigenvalue weighted by molar-refractivity contribution is 5.22. The summed E-state index contributed by atoms with van der Waals surface area (Å²) >= 11 is 0. The van der Waals surface area contributed by atoms with Crippen molar-refractivity contribution in [2.45, 2.75) is 192 Å². The minimum absolute atomic E-state index is 0.000258. The molecular weight excluding hydrogens is 728 g/mol. The molecule has 4 aliphatic carbocycles. The van der Waals surface area contributed by atoms with E-state index in [1.807, 2.05) is 34.6 Å². The molecule has 2 heterocycles. The quantitative estimate of drug-likeness (QED) is 0.110. The molecular formula is C42H72O14. The molecule has 0 aromatic carbocycles. The normalized spacial score (nSPS) is 52.6. The third kappa shape index (κ3) is 7.06. The van der Waals surface area contributed by atoms with Crippen LogP contribution in [0.2, 0.25) is 0 Å². The molecule has 324 valence electrons. The Kier molecular flexibility index (Phi) is 12.7. The molecule has 0 bridgehead atoms. The summed E-state index contributed by atoms with van der Waals surface area (Å²) in [6.45, 7) is 15.7. The van der Waals surface area contributed by atoms with Gasteiger partial charge in [0.2, 0.25) is 0 Å². The molecule has 10 N–H and O–H groups in total. The van der Waals surface area contributed by atoms with Gasteiger partial charge >= 0.3 is 0 Å². The van der Waals surface area contributed by atoms with Gasteiger partial charge in [-0.3, -0.25) is 0 Å². The highest BCUT2D eigenvalue weighted by Gasteiger charge is 2.74. The Morgan fingerprint density at radius 2 is 1.32 bits per heavy atom. The largest absolute Gasteiger partial charge is 0.394 e. The van der Waals surface area contributed by atoms with Crippen LogP contribution in [0, 0.1) is 45.3 Å². The summed E-state index contributed by atoms with van der Waals surface area (Å²) in [6.07, 6.45) is -9.52. The summed E-state index contributed by atoms with van der Waals surface area (Å²) in [5.74, 6) is -0.781. The van der Waals surface area contributed by atoms with E-state index >= 15 is 0 Å². The maximum atomic E-state index is 12.6. The van der Waals surface area contributed by atoms with Gasteiger partial charge < -0.3 is 70.0 Å². The Balaban J connectivity index is 1.39. The van der Waals surface area contributed by atoms with Gasteiger partial charge in [0.15, 0.2) is 12.6 Å². The SMILES string of the molecule is CC(C)=CCC[C@@](C)(O[C@H]1O[C@@H](CO)[C@H](O)[C@@H](O)[C@@H]1O)[C@@H]1CC[C@@]2(C)[C@H]1[C@@H](O)C[C@H]1[C@]3(C)CC[C@@H](O)C(C)(C)[C@H]3[C@H](O[C@H]3O[C@@H](CO)[C@H](O)[C@@H](O)[C@@H]3O)C[C@@]12C. The van der Waals surface area contributed by atoms with Crippen LogP contribution in [-0.4, -0.2) is 150 Å². The summed E-state index contributed by atoms with van der Waals surface area (Å²) in [4.78, 5) is 0. The standard InChI is InChI=1S/C42H72O14/c1-20(2)10-9-13-42(8,56-37-34(52)32(50)30(48)25(19-44)55-37)21-11-15-40(6)28(21)22(45)16-26-39(5)14-12-27(46)38(3,4)35(39)23(17-41(26,40)7)53-36-33(51)31(49)29(47)24(18-43)54-36/h10,21-37,43-52H,9,11-19H2,1-8H3/t21-,22+,23-,24+,25+,26+,27-,28-,29+,30+,31-,32-,33+,34+,35-,36+,37-,39+,40+,41+,42-/m1/s1. The van der Waals surface area contributed by atoms with Crippen LogP contribution in [0.25, 0.3) is 0 Å². The second-order valence-electron chi connectivity index (χ2n) is 20.2. The van der Waals surface area contributed by atoms with Crippen LogP contribution in [-0.2, 0) is 18.9 Å². The second kappa shape index (κ2) is 15.9. The Hall–Kier alpha value is -0.820. The molecule has 2 saturated heterocycles. The highest BCUT2D eigenvalue weighted by Crippen LogP contribution is 2.76. The molecule has 6 rings (SSSR count). The van der Waals surface area contributed by atoms with Gasteiger partial charge in [-0.05, 0) is 117 Å². The molecule has 4 saturated carbocycles. The topological polar surface area (TPSA) is 239 Å². The molecule has 14 heteroatoms. The second-order valence-corrected chi connectivity index (χ2v) is 20.2. The van der Waals surface area contributed by atoms with Gasteiger partial charge in [0.05, 0.1) is 37.1 Å². The van der Waals surface area contributed by atoms with Gasteiger partial charge in [-0.25, -0.2) is 0 Å². The number of allylic oxidation sites excluding steroid dienone is 2. The first-order valence-electron chi connectivity index (χ1n) is 21.0. The summed E-state index contributed by atoms with van der Waals surface area (Å²) in [6, 6.07) is 0. The Bertz CT molecular complexity index is 1400. The Labute approximate surface area is 331 Å². The van der Waals surface area contributed by atoms with Gasteiger partial charge in [-0.1, -0.05) is 46.3 Å². The molecule has 0 unspecified atom stereocenters. The third-order valence-corrected chi connectivity index (χ3v) is 16.6. The molecule has 0 radical (unpaired) electrons. The van der Waals surface area contributed by atoms with E-state index < -0.39 is 120 Å². The fourth-order valence-electron chi connectivity index (χ4n) is 13.5. The van der Waals surface area contributed by atoms with Crippen molar-refractivity contribution in [2.24, 2.45) is 45.3 Å². The molecule has 0 aromatic rings. The minimum Gasteiger partial charge on any atom is -0.394 e. The number of aliphatic hydroxyl groups is 10. The van der Waals surface area contributed by atoms with Crippen molar-refractivity contribution in [1.82, 2.24) is 0 Å². The van der Waals surface area contributed by atoms with Crippen LogP contribution in [0.3, 0.4) is 0 Å². The fraction of sp³-hybridized carbons (Fsp3) is 0.952. The molecule has 0 aromatic heterocycles. The highest BCUT2D eigenvalue weighted by atomic mass is 16.7. The van der Waals surface area contributed by atoms with Crippen LogP contribution in [0.1, 0.15) is 107 Å². The number of rotatable bonds is 10. The Morgan fingerprint density at radius 3 is 1.89 bits per heavy atom. The van der Waals surface area contributed by atoms with Gasteiger partial charge in [0, 0.05) is 0 Å². The van der Waals surface area contributed by atoms with Gasteiger partial charge in [0.25, 0.3) is 0 Å². The lowest BCUT2D eigenvalue weighted by Gasteiger charge is -2.72. The van der Waals surface area contributed by atoms with E-state index in [9.17, 15) is 51.1 Å². The average molecular weight is 801 g/mol. The van der Waals surface area contributed by atoms with Gasteiger partial charge in [-0.15, -0.1) is 0 Å². The maximum absolute atomic E-state index is 12.6. The van der Waals surface area contributed by atoms with Gasteiger partial charge in [-0.2, -0.15) is 0 Å². The van der Waals surface area contributed by atoms with Crippen molar-refractivity contribution in [3.05, 3.63) is 11.6 Å². The number of hydrogen-bond acceptors (Lipinski definition) is 14.